The molecule has 1 N–H and O–H groups in total. The highest BCUT2D eigenvalue weighted by Gasteiger charge is 2.36. The number of hydrogen-bond donors (Lipinski definition) is 1. The first-order chi connectivity index (χ1) is 15.3. The molecule has 11 heteroatoms. The van der Waals surface area contributed by atoms with Gasteiger partial charge in [0.15, 0.2) is 12.4 Å². The first-order valence-electron chi connectivity index (χ1n) is 9.48. The SMILES string of the molecule is COc1cccc(C(=O)COC(=O)[C@@H]2CC(=O)N(NC(=O)c3ccc([N+](=O)[O-])cc3)C2)c1. The summed E-state index contributed by atoms with van der Waals surface area (Å²) in [6, 6.07) is 11.2. The minimum Gasteiger partial charge on any atom is -0.497 e. The van der Waals surface area contributed by atoms with Crippen LogP contribution >= 0.6 is 0 Å². The lowest BCUT2D eigenvalue weighted by Gasteiger charge is -2.17. The highest BCUT2D eigenvalue weighted by atomic mass is 16.6. The number of carbonyl (C=O) groups excluding carboxylic acids is 4. The number of rotatable bonds is 8. The van der Waals surface area contributed by atoms with Gasteiger partial charge in [0.1, 0.15) is 5.75 Å². The van der Waals surface area contributed by atoms with Gasteiger partial charge in [0.2, 0.25) is 5.91 Å². The Balaban J connectivity index is 1.52. The van der Waals surface area contributed by atoms with Crippen molar-refractivity contribution >= 4 is 29.3 Å². The van der Waals surface area contributed by atoms with Gasteiger partial charge >= 0.3 is 5.97 Å². The number of ketones is 1. The molecule has 2 aromatic carbocycles. The van der Waals surface area contributed by atoms with Crippen LogP contribution in [0.2, 0.25) is 0 Å². The Hall–Kier alpha value is -4.28. The van der Waals surface area contributed by atoms with Crippen LogP contribution in [0.25, 0.3) is 0 Å². The van der Waals surface area contributed by atoms with Crippen LogP contribution in [0.4, 0.5) is 5.69 Å². The summed E-state index contributed by atoms with van der Waals surface area (Å²) in [7, 11) is 1.47. The van der Waals surface area contributed by atoms with Crippen molar-refractivity contribution < 1.29 is 33.6 Å². The molecule has 1 aliphatic rings. The fourth-order valence-electron chi connectivity index (χ4n) is 3.03. The van der Waals surface area contributed by atoms with Crippen LogP contribution < -0.4 is 10.2 Å². The van der Waals surface area contributed by atoms with Crippen LogP contribution in [0.1, 0.15) is 27.1 Å². The third kappa shape index (κ3) is 5.25. The highest BCUT2D eigenvalue weighted by molar-refractivity contribution is 5.99. The molecule has 0 radical (unpaired) electrons. The molecule has 0 saturated carbocycles. The maximum absolute atomic E-state index is 12.3. The van der Waals surface area contributed by atoms with E-state index in [0.29, 0.717) is 11.3 Å². The zero-order valence-corrected chi connectivity index (χ0v) is 17.0. The Labute approximate surface area is 182 Å². The van der Waals surface area contributed by atoms with Crippen molar-refractivity contribution in [3.8, 4) is 5.75 Å². The van der Waals surface area contributed by atoms with E-state index in [9.17, 15) is 29.3 Å². The second kappa shape index (κ2) is 9.69. The van der Waals surface area contributed by atoms with Crippen LogP contribution in [0, 0.1) is 16.0 Å². The predicted molar refractivity (Wildman–Crippen MR) is 109 cm³/mol. The Morgan fingerprint density at radius 2 is 1.88 bits per heavy atom. The Kier molecular flexibility index (Phi) is 6.78. The first kappa shape index (κ1) is 22.4. The van der Waals surface area contributed by atoms with E-state index in [0.717, 1.165) is 5.01 Å². The van der Waals surface area contributed by atoms with Crippen LogP contribution in [-0.2, 0) is 14.3 Å². The van der Waals surface area contributed by atoms with E-state index in [1.54, 1.807) is 18.2 Å². The third-order valence-electron chi connectivity index (χ3n) is 4.77. The molecule has 1 atom stereocenters. The molecule has 0 unspecified atom stereocenters. The largest absolute Gasteiger partial charge is 0.497 e. The number of methoxy groups -OCH3 is 1. The number of ether oxygens (including phenoxy) is 2. The topological polar surface area (TPSA) is 145 Å². The van der Waals surface area contributed by atoms with Crippen molar-refractivity contribution in [2.75, 3.05) is 20.3 Å². The number of nitro benzene ring substituents is 1. The summed E-state index contributed by atoms with van der Waals surface area (Å²) in [4.78, 5) is 59.1. The summed E-state index contributed by atoms with van der Waals surface area (Å²) >= 11 is 0. The maximum atomic E-state index is 12.3. The van der Waals surface area contributed by atoms with Crippen LogP contribution in [0.15, 0.2) is 48.5 Å². The van der Waals surface area contributed by atoms with Gasteiger partial charge in [-0.15, -0.1) is 0 Å². The molecular formula is C21H19N3O8. The lowest BCUT2D eigenvalue weighted by atomic mass is 10.1. The number of amides is 2. The van der Waals surface area contributed by atoms with Gasteiger partial charge in [-0.3, -0.25) is 39.7 Å². The lowest BCUT2D eigenvalue weighted by molar-refractivity contribution is -0.384. The van der Waals surface area contributed by atoms with Gasteiger partial charge in [-0.1, -0.05) is 12.1 Å². The minimum absolute atomic E-state index is 0.110. The van der Waals surface area contributed by atoms with Crippen LogP contribution in [0.5, 0.6) is 5.75 Å². The summed E-state index contributed by atoms with van der Waals surface area (Å²) in [5.41, 5.74) is 2.62. The number of nitrogens with zero attached hydrogens (tertiary/aromatic N) is 2. The monoisotopic (exact) mass is 441 g/mol. The molecule has 166 valence electrons. The molecule has 0 spiro atoms. The van der Waals surface area contributed by atoms with E-state index in [1.807, 2.05) is 0 Å². The first-order valence-corrected chi connectivity index (χ1v) is 9.48. The lowest BCUT2D eigenvalue weighted by Crippen LogP contribution is -2.43. The van der Waals surface area contributed by atoms with Crippen molar-refractivity contribution in [3.63, 3.8) is 0 Å². The van der Waals surface area contributed by atoms with E-state index in [1.165, 1.54) is 37.4 Å². The van der Waals surface area contributed by atoms with Crippen molar-refractivity contribution in [2.45, 2.75) is 6.42 Å². The second-order valence-corrected chi connectivity index (χ2v) is 6.91. The molecule has 0 aliphatic carbocycles. The number of nitro groups is 1. The number of non-ortho nitro benzene ring substituents is 1. The average molecular weight is 441 g/mol. The fourth-order valence-corrected chi connectivity index (χ4v) is 3.03. The molecule has 11 nitrogen and oxygen atoms in total. The molecule has 0 aromatic heterocycles. The van der Waals surface area contributed by atoms with Crippen molar-refractivity contribution in [3.05, 3.63) is 69.8 Å². The zero-order valence-electron chi connectivity index (χ0n) is 17.0. The molecule has 1 aliphatic heterocycles. The number of Topliss-reactive ketones (excluding diaryl/α,β-unsaturated/α-hetero) is 1. The molecule has 3 rings (SSSR count). The standard InChI is InChI=1S/C21H19N3O8/c1-31-17-4-2-3-14(9-17)18(25)12-32-21(28)15-10-19(26)23(11-15)22-20(27)13-5-7-16(8-6-13)24(29)30/h2-9,15H,10-12H2,1H3,(H,22,27)/t15-/m1/s1. The van der Waals surface area contributed by atoms with Gasteiger partial charge < -0.3 is 9.47 Å². The fraction of sp³-hybridized carbons (Fsp3) is 0.238. The number of benzene rings is 2. The summed E-state index contributed by atoms with van der Waals surface area (Å²) < 4.78 is 10.1. The van der Waals surface area contributed by atoms with Gasteiger partial charge in [0.25, 0.3) is 11.6 Å². The van der Waals surface area contributed by atoms with E-state index < -0.39 is 41.0 Å². The number of nitrogens with one attached hydrogen (secondary N) is 1. The number of carbonyl (C=O) groups is 4. The third-order valence-corrected chi connectivity index (χ3v) is 4.77. The van der Waals surface area contributed by atoms with Gasteiger partial charge in [-0.2, -0.15) is 0 Å². The second-order valence-electron chi connectivity index (χ2n) is 6.91. The quantitative estimate of drug-likeness (QED) is 0.281. The molecule has 1 saturated heterocycles. The number of hydrazine groups is 1. The number of hydrogen-bond acceptors (Lipinski definition) is 8. The highest BCUT2D eigenvalue weighted by Crippen LogP contribution is 2.19. The average Bonchev–Trinajstić information content (AvgIpc) is 3.17. The summed E-state index contributed by atoms with van der Waals surface area (Å²) in [6.07, 6.45) is -0.188. The van der Waals surface area contributed by atoms with Gasteiger partial charge in [-0.25, -0.2) is 0 Å². The van der Waals surface area contributed by atoms with Crippen molar-refractivity contribution in [1.29, 1.82) is 0 Å². The maximum Gasteiger partial charge on any atom is 0.311 e. The molecule has 1 fully saturated rings. The summed E-state index contributed by atoms with van der Waals surface area (Å²) in [5.74, 6) is -2.68. The van der Waals surface area contributed by atoms with Gasteiger partial charge in [-0.05, 0) is 24.3 Å². The minimum atomic E-state index is -0.849. The van der Waals surface area contributed by atoms with Gasteiger partial charge in [0, 0.05) is 29.7 Å². The summed E-state index contributed by atoms with van der Waals surface area (Å²) in [6.45, 7) is -0.615. The molecule has 0 bridgehead atoms. The number of esters is 1. The van der Waals surface area contributed by atoms with Crippen molar-refractivity contribution in [1.82, 2.24) is 10.4 Å². The Morgan fingerprint density at radius 1 is 1.16 bits per heavy atom. The Bertz CT molecular complexity index is 1070. The van der Waals surface area contributed by atoms with Gasteiger partial charge in [0.05, 0.1) is 24.5 Å². The molecule has 1 heterocycles. The molecule has 2 amide bonds. The molecule has 2 aromatic rings. The smallest absolute Gasteiger partial charge is 0.311 e. The van der Waals surface area contributed by atoms with E-state index in [4.69, 9.17) is 9.47 Å². The van der Waals surface area contributed by atoms with Crippen LogP contribution in [0.3, 0.4) is 0 Å². The summed E-state index contributed by atoms with van der Waals surface area (Å²) in [5, 5.41) is 11.7. The molecular weight excluding hydrogens is 422 g/mol. The normalized spacial score (nSPS) is 15.2. The van der Waals surface area contributed by atoms with E-state index in [2.05, 4.69) is 5.43 Å². The van der Waals surface area contributed by atoms with E-state index >= 15 is 0 Å². The molecule has 32 heavy (non-hydrogen) atoms. The van der Waals surface area contributed by atoms with E-state index in [-0.39, 0.29) is 24.2 Å². The Morgan fingerprint density at radius 3 is 2.53 bits per heavy atom. The van der Waals surface area contributed by atoms with Crippen molar-refractivity contribution in [2.24, 2.45) is 5.92 Å². The van der Waals surface area contributed by atoms with Crippen LogP contribution in [-0.4, -0.2) is 53.8 Å². The zero-order chi connectivity index (χ0) is 23.3. The predicted octanol–water partition coefficient (Wildman–Crippen LogP) is 1.52.